The van der Waals surface area contributed by atoms with Gasteiger partial charge in [0.25, 0.3) is 5.56 Å². The van der Waals surface area contributed by atoms with E-state index in [1.54, 1.807) is 6.07 Å². The number of hydrogen-bond donors (Lipinski definition) is 0. The summed E-state index contributed by atoms with van der Waals surface area (Å²) in [6.45, 7) is 7.00. The topological polar surface area (TPSA) is 55.2 Å². The third kappa shape index (κ3) is 4.16. The van der Waals surface area contributed by atoms with E-state index in [0.717, 1.165) is 12.1 Å². The van der Waals surface area contributed by atoms with Gasteiger partial charge in [-0.25, -0.2) is 4.68 Å². The average molecular weight is 339 g/mol. The first-order valence-electron chi connectivity index (χ1n) is 8.88. The van der Waals surface area contributed by atoms with E-state index >= 15 is 0 Å². The molecule has 1 aromatic heterocycles. The highest BCUT2D eigenvalue weighted by atomic mass is 16.2. The van der Waals surface area contributed by atoms with E-state index in [-0.39, 0.29) is 24.1 Å². The van der Waals surface area contributed by atoms with E-state index in [4.69, 9.17) is 0 Å². The number of rotatable bonds is 6. The Morgan fingerprint density at radius 3 is 2.52 bits per heavy atom. The number of amides is 1. The molecule has 1 heterocycles. The van der Waals surface area contributed by atoms with Crippen molar-refractivity contribution < 1.29 is 4.79 Å². The summed E-state index contributed by atoms with van der Waals surface area (Å²) in [6.07, 6.45) is 1.18. The second kappa shape index (κ2) is 7.21. The largest absolute Gasteiger partial charge is 0.338 e. The molecular formula is C20H25N3O2. The van der Waals surface area contributed by atoms with E-state index in [9.17, 15) is 9.59 Å². The van der Waals surface area contributed by atoms with Crippen molar-refractivity contribution in [3.63, 3.8) is 0 Å². The van der Waals surface area contributed by atoms with E-state index in [1.165, 1.54) is 17.2 Å². The van der Waals surface area contributed by atoms with Crippen LogP contribution in [0.5, 0.6) is 0 Å². The molecule has 0 spiro atoms. The molecule has 1 aromatic carbocycles. The van der Waals surface area contributed by atoms with Gasteiger partial charge in [-0.3, -0.25) is 9.59 Å². The third-order valence-corrected chi connectivity index (χ3v) is 4.87. The van der Waals surface area contributed by atoms with Crippen molar-refractivity contribution in [2.24, 2.45) is 11.8 Å². The fourth-order valence-corrected chi connectivity index (χ4v) is 3.05. The molecular weight excluding hydrogens is 314 g/mol. The maximum Gasteiger partial charge on any atom is 0.267 e. The average Bonchev–Trinajstić information content (AvgIpc) is 3.30. The van der Waals surface area contributed by atoms with E-state index in [2.05, 4.69) is 12.0 Å². The Bertz CT molecular complexity index is 798. The fraction of sp³-hybridized carbons (Fsp3) is 0.450. The van der Waals surface area contributed by atoms with Gasteiger partial charge in [-0.15, -0.1) is 0 Å². The zero-order valence-corrected chi connectivity index (χ0v) is 15.1. The van der Waals surface area contributed by atoms with Gasteiger partial charge in [0, 0.05) is 24.2 Å². The number of carbonyl (C=O) groups is 1. The quantitative estimate of drug-likeness (QED) is 0.813. The Morgan fingerprint density at radius 2 is 1.92 bits per heavy atom. The monoisotopic (exact) mass is 339 g/mol. The molecule has 0 radical (unpaired) electrons. The van der Waals surface area contributed by atoms with Crippen LogP contribution in [0.15, 0.2) is 47.3 Å². The summed E-state index contributed by atoms with van der Waals surface area (Å²) in [5.41, 5.74) is 1.37. The highest BCUT2D eigenvalue weighted by molar-refractivity contribution is 5.76. The first-order valence-corrected chi connectivity index (χ1v) is 8.88. The van der Waals surface area contributed by atoms with Gasteiger partial charge in [-0.05, 0) is 38.2 Å². The molecule has 0 unspecified atom stereocenters. The molecule has 1 amide bonds. The van der Waals surface area contributed by atoms with Crippen LogP contribution in [0, 0.1) is 11.8 Å². The van der Waals surface area contributed by atoms with Gasteiger partial charge in [-0.2, -0.15) is 5.10 Å². The Kier molecular flexibility index (Phi) is 5.02. The van der Waals surface area contributed by atoms with Crippen molar-refractivity contribution in [3.05, 3.63) is 52.8 Å². The first kappa shape index (κ1) is 17.4. The Hall–Kier alpha value is -2.43. The predicted octanol–water partition coefficient (Wildman–Crippen LogP) is 2.80. The van der Waals surface area contributed by atoms with Crippen LogP contribution in [0.2, 0.25) is 0 Å². The molecule has 2 atom stereocenters. The second-order valence-corrected chi connectivity index (χ2v) is 7.19. The second-order valence-electron chi connectivity index (χ2n) is 7.19. The lowest BCUT2D eigenvalue weighted by molar-refractivity contribution is -0.134. The molecule has 0 saturated heterocycles. The van der Waals surface area contributed by atoms with Gasteiger partial charge in [-0.1, -0.05) is 37.3 Å². The lowest BCUT2D eigenvalue weighted by Crippen LogP contribution is -2.42. The predicted molar refractivity (Wildman–Crippen MR) is 98.1 cm³/mol. The maximum absolute atomic E-state index is 12.8. The SMILES string of the molecule is CC(C)N(C[C@@H]1C[C@H]1C)C(=O)Cn1nc(-c2ccccc2)ccc1=O. The molecule has 25 heavy (non-hydrogen) atoms. The van der Waals surface area contributed by atoms with Crippen molar-refractivity contribution >= 4 is 5.91 Å². The summed E-state index contributed by atoms with van der Waals surface area (Å²) < 4.78 is 1.27. The molecule has 132 valence electrons. The maximum atomic E-state index is 12.8. The number of benzene rings is 1. The zero-order valence-electron chi connectivity index (χ0n) is 15.1. The Balaban J connectivity index is 1.79. The molecule has 5 heteroatoms. The fourth-order valence-electron chi connectivity index (χ4n) is 3.05. The molecule has 0 aliphatic heterocycles. The smallest absolute Gasteiger partial charge is 0.267 e. The molecule has 1 aliphatic carbocycles. The van der Waals surface area contributed by atoms with Gasteiger partial charge < -0.3 is 4.90 Å². The standard InChI is InChI=1S/C20H25N3O2/c1-14(2)22(12-17-11-15(17)3)20(25)13-23-19(24)10-9-18(21-23)16-7-5-4-6-8-16/h4-10,14-15,17H,11-13H2,1-3H3/t15-,17+/m1/s1. The summed E-state index contributed by atoms with van der Waals surface area (Å²) in [6, 6.07) is 13.0. The molecule has 1 saturated carbocycles. The Labute approximate surface area is 148 Å². The first-order chi connectivity index (χ1) is 12.0. The summed E-state index contributed by atoms with van der Waals surface area (Å²) in [4.78, 5) is 26.8. The van der Waals surface area contributed by atoms with Crippen LogP contribution in [0.4, 0.5) is 0 Å². The summed E-state index contributed by atoms with van der Waals surface area (Å²) >= 11 is 0. The van der Waals surface area contributed by atoms with Crippen LogP contribution >= 0.6 is 0 Å². The van der Waals surface area contributed by atoms with Gasteiger partial charge in [0.05, 0.1) is 5.69 Å². The molecule has 5 nitrogen and oxygen atoms in total. The number of aromatic nitrogens is 2. The van der Waals surface area contributed by atoms with Crippen LogP contribution in [-0.2, 0) is 11.3 Å². The summed E-state index contributed by atoms with van der Waals surface area (Å²) in [5.74, 6) is 1.23. The molecule has 2 aromatic rings. The van der Waals surface area contributed by atoms with Gasteiger partial charge in [0.1, 0.15) is 6.54 Å². The molecule has 1 aliphatic rings. The third-order valence-electron chi connectivity index (χ3n) is 4.87. The molecule has 0 bridgehead atoms. The summed E-state index contributed by atoms with van der Waals surface area (Å²) in [7, 11) is 0. The minimum Gasteiger partial charge on any atom is -0.338 e. The number of hydrogen-bond acceptors (Lipinski definition) is 3. The van der Waals surface area contributed by atoms with Crippen molar-refractivity contribution in [1.82, 2.24) is 14.7 Å². The van der Waals surface area contributed by atoms with Crippen molar-refractivity contribution in [1.29, 1.82) is 0 Å². The molecule has 0 N–H and O–H groups in total. The van der Waals surface area contributed by atoms with Crippen molar-refractivity contribution in [2.45, 2.75) is 39.8 Å². The van der Waals surface area contributed by atoms with Crippen molar-refractivity contribution in [2.75, 3.05) is 6.54 Å². The minimum atomic E-state index is -0.253. The van der Waals surface area contributed by atoms with Crippen LogP contribution < -0.4 is 5.56 Å². The van der Waals surface area contributed by atoms with Crippen molar-refractivity contribution in [3.8, 4) is 11.3 Å². The Morgan fingerprint density at radius 1 is 1.24 bits per heavy atom. The lowest BCUT2D eigenvalue weighted by atomic mass is 10.1. The molecule has 3 rings (SSSR count). The van der Waals surface area contributed by atoms with E-state index in [1.807, 2.05) is 49.1 Å². The van der Waals surface area contributed by atoms with Gasteiger partial charge in [0.15, 0.2) is 0 Å². The molecule has 1 fully saturated rings. The lowest BCUT2D eigenvalue weighted by Gasteiger charge is -2.27. The summed E-state index contributed by atoms with van der Waals surface area (Å²) in [5, 5.41) is 4.39. The van der Waals surface area contributed by atoms with Gasteiger partial charge in [0.2, 0.25) is 5.91 Å². The highest BCUT2D eigenvalue weighted by Gasteiger charge is 2.35. The minimum absolute atomic E-state index is 0.0151. The number of nitrogens with zero attached hydrogens (tertiary/aromatic N) is 3. The van der Waals surface area contributed by atoms with Crippen LogP contribution in [0.3, 0.4) is 0 Å². The van der Waals surface area contributed by atoms with Crippen LogP contribution in [0.25, 0.3) is 11.3 Å². The van der Waals surface area contributed by atoms with E-state index in [0.29, 0.717) is 17.5 Å². The van der Waals surface area contributed by atoms with Crippen LogP contribution in [-0.4, -0.2) is 33.2 Å². The van der Waals surface area contributed by atoms with E-state index < -0.39 is 0 Å². The van der Waals surface area contributed by atoms with Gasteiger partial charge >= 0.3 is 0 Å². The zero-order chi connectivity index (χ0) is 18.0. The number of carbonyl (C=O) groups excluding carboxylic acids is 1. The normalized spacial score (nSPS) is 19.0. The highest BCUT2D eigenvalue weighted by Crippen LogP contribution is 2.38. The van der Waals surface area contributed by atoms with Crippen LogP contribution in [0.1, 0.15) is 27.2 Å².